The lowest BCUT2D eigenvalue weighted by Gasteiger charge is -2.23. The smallest absolute Gasteiger partial charge is 0.319 e. The van der Waals surface area contributed by atoms with E-state index in [4.69, 9.17) is 11.6 Å². The van der Waals surface area contributed by atoms with Crippen LogP contribution in [0.3, 0.4) is 0 Å². The molecule has 1 N–H and O–H groups in total. The summed E-state index contributed by atoms with van der Waals surface area (Å²) in [4.78, 5) is 38.2. The number of hydrogen-bond donors (Lipinski definition) is 1. The molecule has 25 heavy (non-hydrogen) atoms. The molecule has 1 saturated heterocycles. The molecule has 128 valence electrons. The second-order valence-electron chi connectivity index (χ2n) is 5.86. The first-order valence-corrected chi connectivity index (χ1v) is 7.88. The number of amides is 3. The minimum atomic E-state index is -1.35. The van der Waals surface area contributed by atoms with Crippen molar-refractivity contribution in [1.82, 2.24) is 10.2 Å². The number of hydrogen-bond acceptors (Lipinski definition) is 3. The predicted octanol–water partition coefficient (Wildman–Crippen LogP) is 3.13. The number of nitrogens with zero attached hydrogens (tertiary/aromatic N) is 1. The second-order valence-corrected chi connectivity index (χ2v) is 6.26. The van der Waals surface area contributed by atoms with Gasteiger partial charge in [-0.1, -0.05) is 29.8 Å². The lowest BCUT2D eigenvalue weighted by molar-refractivity contribution is -0.130. The van der Waals surface area contributed by atoms with Gasteiger partial charge in [0.2, 0.25) is 0 Å². The first kappa shape index (κ1) is 17.1. The molecule has 2 aromatic rings. The molecule has 3 rings (SSSR count). The van der Waals surface area contributed by atoms with Crippen LogP contribution in [0.25, 0.3) is 0 Å². The van der Waals surface area contributed by atoms with Crippen molar-refractivity contribution >= 4 is 29.3 Å². The second kappa shape index (κ2) is 6.29. The summed E-state index contributed by atoms with van der Waals surface area (Å²) >= 11 is 6.15. The minimum Gasteiger partial charge on any atom is -0.319 e. The summed E-state index contributed by atoms with van der Waals surface area (Å²) in [6.07, 6.45) is 0. The van der Waals surface area contributed by atoms with Gasteiger partial charge >= 0.3 is 6.03 Å². The number of nitrogens with one attached hydrogen (secondary N) is 1. The van der Waals surface area contributed by atoms with Crippen LogP contribution >= 0.6 is 11.6 Å². The highest BCUT2D eigenvalue weighted by atomic mass is 35.5. The molecule has 0 saturated carbocycles. The third kappa shape index (κ3) is 3.00. The summed E-state index contributed by atoms with van der Waals surface area (Å²) in [7, 11) is 0. The summed E-state index contributed by atoms with van der Waals surface area (Å²) in [5.74, 6) is -1.51. The lowest BCUT2D eigenvalue weighted by Crippen LogP contribution is -2.41. The third-order valence-corrected chi connectivity index (χ3v) is 4.49. The Balaban J connectivity index is 1.85. The fourth-order valence-corrected chi connectivity index (χ4v) is 3.09. The van der Waals surface area contributed by atoms with Crippen molar-refractivity contribution < 1.29 is 18.8 Å². The number of ketones is 1. The first-order valence-electron chi connectivity index (χ1n) is 7.51. The molecule has 1 heterocycles. The van der Waals surface area contributed by atoms with E-state index in [1.807, 2.05) is 0 Å². The first-order chi connectivity index (χ1) is 11.8. The number of halogens is 2. The van der Waals surface area contributed by atoms with Gasteiger partial charge in [-0.25, -0.2) is 9.18 Å². The maximum Gasteiger partial charge on any atom is 0.325 e. The van der Waals surface area contributed by atoms with Crippen molar-refractivity contribution in [2.45, 2.75) is 12.5 Å². The van der Waals surface area contributed by atoms with Gasteiger partial charge in [0.15, 0.2) is 5.78 Å². The summed E-state index contributed by atoms with van der Waals surface area (Å²) in [5, 5.41) is 2.93. The molecule has 0 radical (unpaired) electrons. The van der Waals surface area contributed by atoms with Crippen LogP contribution in [0.5, 0.6) is 0 Å². The lowest BCUT2D eigenvalue weighted by atomic mass is 9.92. The standard InChI is InChI=1S/C18H14ClFN2O3/c1-18(13-4-2-3-5-14(13)19)16(24)22(17(25)21-18)10-15(23)11-6-8-12(20)9-7-11/h2-9H,10H2,1H3,(H,21,25)/t18-/m0/s1. The summed E-state index contributed by atoms with van der Waals surface area (Å²) < 4.78 is 13.0. The predicted molar refractivity (Wildman–Crippen MR) is 89.8 cm³/mol. The van der Waals surface area contributed by atoms with Crippen LogP contribution in [-0.4, -0.2) is 29.2 Å². The molecule has 7 heteroatoms. The van der Waals surface area contributed by atoms with E-state index in [0.29, 0.717) is 10.6 Å². The Kier molecular flexibility index (Phi) is 4.30. The normalized spacial score (nSPS) is 19.9. The molecule has 0 aromatic heterocycles. The number of urea groups is 1. The SMILES string of the molecule is C[C@@]1(c2ccccc2Cl)NC(=O)N(CC(=O)c2ccc(F)cc2)C1=O. The largest absolute Gasteiger partial charge is 0.325 e. The van der Waals surface area contributed by atoms with Crippen LogP contribution in [0.2, 0.25) is 5.02 Å². The zero-order valence-electron chi connectivity index (χ0n) is 13.3. The molecule has 0 bridgehead atoms. The molecule has 1 fully saturated rings. The summed E-state index contributed by atoms with van der Waals surface area (Å²) in [5.41, 5.74) is -0.682. The number of carbonyl (C=O) groups is 3. The van der Waals surface area contributed by atoms with Crippen molar-refractivity contribution in [2.75, 3.05) is 6.54 Å². The van der Waals surface area contributed by atoms with Crippen molar-refractivity contribution in [1.29, 1.82) is 0 Å². The van der Waals surface area contributed by atoms with Crippen molar-refractivity contribution in [3.05, 3.63) is 70.5 Å². The Hall–Kier alpha value is -2.73. The Morgan fingerprint density at radius 3 is 2.44 bits per heavy atom. The van der Waals surface area contributed by atoms with Gasteiger partial charge in [-0.3, -0.25) is 14.5 Å². The Morgan fingerprint density at radius 2 is 1.80 bits per heavy atom. The van der Waals surface area contributed by atoms with Gasteiger partial charge in [0.1, 0.15) is 11.4 Å². The zero-order valence-corrected chi connectivity index (χ0v) is 14.0. The van der Waals surface area contributed by atoms with E-state index < -0.39 is 35.6 Å². The molecule has 2 aromatic carbocycles. The molecule has 0 aliphatic carbocycles. The third-order valence-electron chi connectivity index (χ3n) is 4.16. The topological polar surface area (TPSA) is 66.5 Å². The molecule has 0 unspecified atom stereocenters. The van der Waals surface area contributed by atoms with E-state index in [-0.39, 0.29) is 5.56 Å². The summed E-state index contributed by atoms with van der Waals surface area (Å²) in [6.45, 7) is 1.10. The fraction of sp³-hybridized carbons (Fsp3) is 0.167. The van der Waals surface area contributed by atoms with Gasteiger partial charge in [0.25, 0.3) is 5.91 Å². The number of rotatable bonds is 4. The van der Waals surface area contributed by atoms with Crippen LogP contribution in [0.15, 0.2) is 48.5 Å². The fourth-order valence-electron chi connectivity index (χ4n) is 2.76. The molecule has 1 aliphatic rings. The van der Waals surface area contributed by atoms with Gasteiger partial charge < -0.3 is 5.32 Å². The average molecular weight is 361 g/mol. The Labute approximate surface area is 148 Å². The van der Waals surface area contributed by atoms with Crippen LogP contribution in [-0.2, 0) is 10.3 Å². The number of carbonyl (C=O) groups excluding carboxylic acids is 3. The van der Waals surface area contributed by atoms with Crippen LogP contribution in [0, 0.1) is 5.82 Å². The van der Waals surface area contributed by atoms with E-state index in [1.54, 1.807) is 24.3 Å². The van der Waals surface area contributed by atoms with E-state index in [0.717, 1.165) is 17.0 Å². The van der Waals surface area contributed by atoms with E-state index in [2.05, 4.69) is 5.32 Å². The van der Waals surface area contributed by atoms with E-state index in [1.165, 1.54) is 19.1 Å². The minimum absolute atomic E-state index is 0.216. The molecular weight excluding hydrogens is 347 g/mol. The molecule has 3 amide bonds. The molecule has 5 nitrogen and oxygen atoms in total. The molecule has 1 atom stereocenters. The molecular formula is C18H14ClFN2O3. The summed E-state index contributed by atoms with van der Waals surface area (Å²) in [6, 6.07) is 10.9. The van der Waals surface area contributed by atoms with Crippen molar-refractivity contribution in [2.24, 2.45) is 0 Å². The number of imide groups is 1. The maximum absolute atomic E-state index is 13.0. The highest BCUT2D eigenvalue weighted by Gasteiger charge is 2.50. The molecule has 1 aliphatic heterocycles. The van der Waals surface area contributed by atoms with Gasteiger partial charge in [0, 0.05) is 16.1 Å². The number of Topliss-reactive ketones (excluding diaryl/α,β-unsaturated/α-hetero) is 1. The highest BCUT2D eigenvalue weighted by Crippen LogP contribution is 2.33. The van der Waals surface area contributed by atoms with E-state index >= 15 is 0 Å². The Bertz CT molecular complexity index is 869. The average Bonchev–Trinajstić information content (AvgIpc) is 2.80. The molecule has 0 spiro atoms. The quantitative estimate of drug-likeness (QED) is 0.673. The van der Waals surface area contributed by atoms with Crippen LogP contribution in [0.1, 0.15) is 22.8 Å². The van der Waals surface area contributed by atoms with Gasteiger partial charge in [0.05, 0.1) is 6.54 Å². The maximum atomic E-state index is 13.0. The zero-order chi connectivity index (χ0) is 18.2. The van der Waals surface area contributed by atoms with Crippen LogP contribution < -0.4 is 5.32 Å². The highest BCUT2D eigenvalue weighted by molar-refractivity contribution is 6.32. The number of benzene rings is 2. The monoisotopic (exact) mass is 360 g/mol. The van der Waals surface area contributed by atoms with Crippen LogP contribution in [0.4, 0.5) is 9.18 Å². The Morgan fingerprint density at radius 1 is 1.16 bits per heavy atom. The van der Waals surface area contributed by atoms with Gasteiger partial charge in [-0.2, -0.15) is 0 Å². The van der Waals surface area contributed by atoms with Crippen molar-refractivity contribution in [3.8, 4) is 0 Å². The van der Waals surface area contributed by atoms with Gasteiger partial charge in [-0.15, -0.1) is 0 Å². The van der Waals surface area contributed by atoms with Crippen molar-refractivity contribution in [3.63, 3.8) is 0 Å². The van der Waals surface area contributed by atoms with E-state index in [9.17, 15) is 18.8 Å². The van der Waals surface area contributed by atoms with Gasteiger partial charge in [-0.05, 0) is 37.3 Å².